The van der Waals surface area contributed by atoms with Crippen molar-refractivity contribution in [3.8, 4) is 0 Å². The van der Waals surface area contributed by atoms with Crippen molar-refractivity contribution in [2.24, 2.45) is 0 Å². The van der Waals surface area contributed by atoms with Crippen molar-refractivity contribution in [3.05, 3.63) is 255 Å². The topological polar surface area (TPSA) is 69.5 Å². The highest BCUT2D eigenvalue weighted by molar-refractivity contribution is 7.85. The van der Waals surface area contributed by atoms with Crippen LogP contribution in [0.5, 0.6) is 0 Å². The van der Waals surface area contributed by atoms with Crippen molar-refractivity contribution < 1.29 is 26.7 Å². The SMILES string of the molecule is CC=[N+](Cc1cccc(C)c1)c1ccc(C(=C2C=CC(=[N+](CC)Cc3cccc(C)c3)C=C2)c2ccc(C(C)(C)C)cc2S(=O)(=O)[O-])cc1.CN(C)c1ccc(C(=C2C=CC(=[N+](C)C)C=C2)c2ccccc2)cc1. The van der Waals surface area contributed by atoms with Crippen molar-refractivity contribution in [3.63, 3.8) is 0 Å². The summed E-state index contributed by atoms with van der Waals surface area (Å²) in [5.74, 6) is 0. The van der Waals surface area contributed by atoms with E-state index in [0.717, 1.165) is 47.7 Å². The predicted octanol–water partition coefficient (Wildman–Crippen LogP) is 13.4. The minimum Gasteiger partial charge on any atom is -0.744 e. The molecule has 0 aliphatic heterocycles. The molecular weight excluding hydrogens is 929 g/mol. The van der Waals surface area contributed by atoms with Crippen LogP contribution in [0.2, 0.25) is 0 Å². The van der Waals surface area contributed by atoms with Gasteiger partial charge in [0.15, 0.2) is 24.5 Å². The van der Waals surface area contributed by atoms with Gasteiger partial charge in [0.1, 0.15) is 37.0 Å². The van der Waals surface area contributed by atoms with E-state index in [1.807, 2.05) is 58.0 Å². The van der Waals surface area contributed by atoms with Crippen LogP contribution >= 0.6 is 0 Å². The van der Waals surface area contributed by atoms with E-state index < -0.39 is 10.1 Å². The van der Waals surface area contributed by atoms with Crippen LogP contribution in [0.25, 0.3) is 11.1 Å². The van der Waals surface area contributed by atoms with Crippen molar-refractivity contribution in [2.75, 3.05) is 39.6 Å². The van der Waals surface area contributed by atoms with Crippen molar-refractivity contribution in [1.29, 1.82) is 0 Å². The van der Waals surface area contributed by atoms with E-state index in [-0.39, 0.29) is 10.3 Å². The molecule has 0 radical (unpaired) electrons. The summed E-state index contributed by atoms with van der Waals surface area (Å²) in [7, 11) is 3.47. The molecule has 0 atom stereocenters. The van der Waals surface area contributed by atoms with Gasteiger partial charge in [-0.15, -0.1) is 0 Å². The maximum atomic E-state index is 12.9. The Morgan fingerprint density at radius 3 is 1.61 bits per heavy atom. The number of rotatable bonds is 12. The van der Waals surface area contributed by atoms with Crippen LogP contribution in [0.4, 0.5) is 11.4 Å². The summed E-state index contributed by atoms with van der Waals surface area (Å²) in [6.45, 7) is 16.7. The standard InChI is InChI=1S/C43H47N2O3S.C23H25N2/c1-8-44(29-33-14-10-12-31(3)26-33)38-21-16-35(17-22-38)42(40-25-20-37(43(5,6)7)28-41(40)49(46,47)48)36-18-23-39(24-19-36)45(9-2)30-34-15-11-13-32(4)27-34;1-24(2)21-14-10-19(11-15-21)23(18-8-6-5-7-9-18)20-12-16-22(17-13-20)25(3)4/h8,10-28H,9,29-30H2,1-7H3;5-17H,1-4H3/q2*+1. The number of aryl methyl sites for hydroxylation is 2. The van der Waals surface area contributed by atoms with Gasteiger partial charge in [0.25, 0.3) is 0 Å². The van der Waals surface area contributed by atoms with Crippen molar-refractivity contribution in [2.45, 2.75) is 71.9 Å². The minimum absolute atomic E-state index is 0.208. The quantitative estimate of drug-likeness (QED) is 0.0696. The van der Waals surface area contributed by atoms with Gasteiger partial charge in [-0.3, -0.25) is 0 Å². The normalized spacial score (nSPS) is 13.4. The highest BCUT2D eigenvalue weighted by Gasteiger charge is 2.24. The highest BCUT2D eigenvalue weighted by atomic mass is 32.2. The van der Waals surface area contributed by atoms with Gasteiger partial charge < -0.3 is 9.45 Å². The van der Waals surface area contributed by atoms with E-state index in [9.17, 15) is 13.0 Å². The molecule has 7 nitrogen and oxygen atoms in total. The first-order valence-electron chi connectivity index (χ1n) is 25.4. The third-order valence-corrected chi connectivity index (χ3v) is 14.3. The van der Waals surface area contributed by atoms with Crippen LogP contribution in [-0.2, 0) is 28.6 Å². The Bertz CT molecular complexity index is 3370. The smallest absolute Gasteiger partial charge is 0.205 e. The van der Waals surface area contributed by atoms with Gasteiger partial charge in [0.05, 0.1) is 4.90 Å². The van der Waals surface area contributed by atoms with E-state index in [4.69, 9.17) is 0 Å². The summed E-state index contributed by atoms with van der Waals surface area (Å²) >= 11 is 0. The molecule has 0 saturated heterocycles. The molecule has 0 heterocycles. The van der Waals surface area contributed by atoms with E-state index in [1.54, 1.807) is 12.1 Å². The second kappa shape index (κ2) is 24.0. The van der Waals surface area contributed by atoms with E-state index in [2.05, 4.69) is 226 Å². The first-order chi connectivity index (χ1) is 35.3. The Morgan fingerprint density at radius 2 is 1.11 bits per heavy atom. The van der Waals surface area contributed by atoms with Crippen LogP contribution in [0.1, 0.15) is 84.7 Å². The average molecular weight is 1000 g/mol. The first-order valence-corrected chi connectivity index (χ1v) is 26.8. The zero-order valence-corrected chi connectivity index (χ0v) is 45.9. The van der Waals surface area contributed by atoms with Crippen molar-refractivity contribution >= 4 is 50.3 Å². The second-order valence-corrected chi connectivity index (χ2v) is 21.7. The lowest BCUT2D eigenvalue weighted by Gasteiger charge is -2.24. The molecule has 74 heavy (non-hydrogen) atoms. The molecule has 0 amide bonds. The fourth-order valence-electron chi connectivity index (χ4n) is 9.25. The molecule has 6 aromatic carbocycles. The summed E-state index contributed by atoms with van der Waals surface area (Å²) in [5.41, 5.74) is 17.5. The molecule has 8 rings (SSSR count). The molecule has 0 aromatic heterocycles. The zero-order chi connectivity index (χ0) is 53.2. The minimum atomic E-state index is -4.80. The molecule has 6 aromatic rings. The third kappa shape index (κ3) is 13.7. The van der Waals surface area contributed by atoms with Gasteiger partial charge in [-0.2, -0.15) is 4.58 Å². The van der Waals surface area contributed by atoms with Gasteiger partial charge in [0, 0.05) is 79.8 Å². The monoisotopic (exact) mass is 1000 g/mol. The highest BCUT2D eigenvalue weighted by Crippen LogP contribution is 2.37. The lowest BCUT2D eigenvalue weighted by atomic mass is 9.84. The molecule has 0 spiro atoms. The summed E-state index contributed by atoms with van der Waals surface area (Å²) in [4.78, 5) is 1.92. The number of allylic oxidation sites excluding steroid dienone is 10. The van der Waals surface area contributed by atoms with Crippen LogP contribution in [0, 0.1) is 13.8 Å². The largest absolute Gasteiger partial charge is 0.744 e. The summed E-state index contributed by atoms with van der Waals surface area (Å²) < 4.78 is 45.2. The van der Waals surface area contributed by atoms with E-state index >= 15 is 0 Å². The fourth-order valence-corrected chi connectivity index (χ4v) is 9.96. The number of hydrogen-bond donors (Lipinski definition) is 0. The van der Waals surface area contributed by atoms with Crippen LogP contribution in [0.3, 0.4) is 0 Å². The molecule has 8 heteroatoms. The molecule has 0 bridgehead atoms. The van der Waals surface area contributed by atoms with Crippen LogP contribution in [-0.4, -0.2) is 79.1 Å². The number of anilines is 1. The van der Waals surface area contributed by atoms with Gasteiger partial charge in [0.2, 0.25) is 5.69 Å². The molecule has 2 aliphatic rings. The number of hydrogen-bond acceptors (Lipinski definition) is 4. The van der Waals surface area contributed by atoms with Gasteiger partial charge in [-0.25, -0.2) is 17.6 Å². The van der Waals surface area contributed by atoms with Gasteiger partial charge in [-0.1, -0.05) is 123 Å². The Morgan fingerprint density at radius 1 is 0.595 bits per heavy atom. The molecule has 0 fully saturated rings. The maximum absolute atomic E-state index is 12.9. The molecule has 2 aliphatic carbocycles. The molecule has 0 unspecified atom stereocenters. The van der Waals surface area contributed by atoms with Gasteiger partial charge in [-0.05, 0) is 138 Å². The van der Waals surface area contributed by atoms with Gasteiger partial charge >= 0.3 is 0 Å². The second-order valence-electron chi connectivity index (χ2n) is 20.4. The summed E-state index contributed by atoms with van der Waals surface area (Å²) in [6.07, 6.45) is 19.0. The Hall–Kier alpha value is -7.52. The van der Waals surface area contributed by atoms with E-state index in [0.29, 0.717) is 11.1 Å². The summed E-state index contributed by atoms with van der Waals surface area (Å²) in [5, 5.41) is 0. The molecule has 378 valence electrons. The Balaban J connectivity index is 0.000000267. The van der Waals surface area contributed by atoms with Crippen molar-refractivity contribution in [1.82, 2.24) is 0 Å². The average Bonchev–Trinajstić information content (AvgIpc) is 3.38. The lowest BCUT2D eigenvalue weighted by Crippen LogP contribution is -2.19. The zero-order valence-electron chi connectivity index (χ0n) is 45.1. The molecule has 0 saturated carbocycles. The van der Waals surface area contributed by atoms with Crippen LogP contribution in [0.15, 0.2) is 210 Å². The Labute approximate surface area is 441 Å². The Kier molecular flexibility index (Phi) is 17.6. The van der Waals surface area contributed by atoms with E-state index in [1.165, 1.54) is 55.9 Å². The maximum Gasteiger partial charge on any atom is 0.205 e. The molecule has 0 N–H and O–H groups in total. The fraction of sp³-hybridized carbons (Fsp3) is 0.227. The third-order valence-electron chi connectivity index (χ3n) is 13.4. The lowest BCUT2D eigenvalue weighted by molar-refractivity contribution is -0.539. The molecular formula is C66H72N4O3S+2. The summed E-state index contributed by atoms with van der Waals surface area (Å²) in [6, 6.07) is 49.8. The predicted molar refractivity (Wildman–Crippen MR) is 310 cm³/mol. The van der Waals surface area contributed by atoms with Crippen LogP contribution < -0.4 is 4.90 Å². The number of benzene rings is 6. The number of nitrogens with zero attached hydrogens (tertiary/aromatic N) is 4. The first kappa shape index (κ1) is 54.3.